The van der Waals surface area contributed by atoms with Gasteiger partial charge in [0.1, 0.15) is 10.5 Å². The van der Waals surface area contributed by atoms with E-state index in [1.54, 1.807) is 18.9 Å². The van der Waals surface area contributed by atoms with Crippen molar-refractivity contribution >= 4 is 11.8 Å². The van der Waals surface area contributed by atoms with E-state index in [0.29, 0.717) is 5.75 Å². The second kappa shape index (κ2) is 2.86. The molecule has 0 aromatic carbocycles. The van der Waals surface area contributed by atoms with Crippen molar-refractivity contribution in [3.63, 3.8) is 0 Å². The van der Waals surface area contributed by atoms with Crippen molar-refractivity contribution in [1.82, 2.24) is 0 Å². The second-order valence-electron chi connectivity index (χ2n) is 4.05. The standard InChI is InChI=1S/C9H16O3S/c1-6-4-7(11-3)9(10)5-13-8(9,2)12-6/h6-7,10H,4-5H2,1-3H3/t6-,7+,8-,9-/m0/s1. The maximum Gasteiger partial charge on any atom is 0.143 e. The summed E-state index contributed by atoms with van der Waals surface area (Å²) in [4.78, 5) is -0.453. The van der Waals surface area contributed by atoms with Gasteiger partial charge in [0.2, 0.25) is 0 Å². The largest absolute Gasteiger partial charge is 0.382 e. The molecule has 0 saturated carbocycles. The summed E-state index contributed by atoms with van der Waals surface area (Å²) < 4.78 is 11.1. The van der Waals surface area contributed by atoms with Crippen molar-refractivity contribution in [3.8, 4) is 0 Å². The Balaban J connectivity index is 2.22. The van der Waals surface area contributed by atoms with Crippen molar-refractivity contribution in [2.75, 3.05) is 12.9 Å². The van der Waals surface area contributed by atoms with E-state index in [4.69, 9.17) is 9.47 Å². The average molecular weight is 204 g/mol. The highest BCUT2D eigenvalue weighted by atomic mass is 32.2. The van der Waals surface area contributed by atoms with E-state index in [0.717, 1.165) is 6.42 Å². The van der Waals surface area contributed by atoms with Gasteiger partial charge in [0, 0.05) is 19.3 Å². The zero-order valence-electron chi connectivity index (χ0n) is 8.24. The van der Waals surface area contributed by atoms with E-state index in [9.17, 15) is 5.11 Å². The normalized spacial score (nSPS) is 55.4. The Morgan fingerprint density at radius 3 is 2.77 bits per heavy atom. The molecule has 2 aliphatic rings. The Bertz CT molecular complexity index is 223. The molecule has 2 saturated heterocycles. The molecular formula is C9H16O3S. The summed E-state index contributed by atoms with van der Waals surface area (Å²) in [5.74, 6) is 0.717. The SMILES string of the molecule is CO[C@@H]1C[C@H](C)O[C@@]2(C)SC[C@]12O. The van der Waals surface area contributed by atoms with Gasteiger partial charge in [-0.1, -0.05) is 0 Å². The molecule has 2 rings (SSSR count). The van der Waals surface area contributed by atoms with Crippen molar-refractivity contribution < 1.29 is 14.6 Å². The van der Waals surface area contributed by atoms with Crippen LogP contribution in [0.15, 0.2) is 0 Å². The topological polar surface area (TPSA) is 38.7 Å². The molecule has 0 aliphatic carbocycles. The highest BCUT2D eigenvalue weighted by Crippen LogP contribution is 2.56. The first kappa shape index (κ1) is 9.77. The maximum atomic E-state index is 10.3. The molecular weight excluding hydrogens is 188 g/mol. The predicted octanol–water partition coefficient (Wildman–Crippen LogP) is 1.00. The van der Waals surface area contributed by atoms with Gasteiger partial charge in [-0.15, -0.1) is 11.8 Å². The zero-order chi connectivity index (χ0) is 9.69. The minimum absolute atomic E-state index is 0.0810. The van der Waals surface area contributed by atoms with E-state index < -0.39 is 10.5 Å². The summed E-state index contributed by atoms with van der Waals surface area (Å²) in [6.07, 6.45) is 0.869. The summed E-state index contributed by atoms with van der Waals surface area (Å²) in [6.45, 7) is 3.97. The van der Waals surface area contributed by atoms with Crippen LogP contribution >= 0.6 is 11.8 Å². The number of aliphatic hydroxyl groups is 1. The number of ether oxygens (including phenoxy) is 2. The highest BCUT2D eigenvalue weighted by molar-refractivity contribution is 8.02. The Kier molecular flexibility index (Phi) is 2.15. The molecule has 4 atom stereocenters. The van der Waals surface area contributed by atoms with Gasteiger partial charge in [0.15, 0.2) is 0 Å². The maximum absolute atomic E-state index is 10.3. The van der Waals surface area contributed by atoms with E-state index in [2.05, 4.69) is 0 Å². The minimum atomic E-state index is -0.779. The minimum Gasteiger partial charge on any atom is -0.382 e. The number of methoxy groups -OCH3 is 1. The van der Waals surface area contributed by atoms with Crippen LogP contribution in [-0.4, -0.2) is 40.7 Å². The fourth-order valence-corrected chi connectivity index (χ4v) is 3.56. The van der Waals surface area contributed by atoms with E-state index in [1.165, 1.54) is 0 Å². The summed E-state index contributed by atoms with van der Waals surface area (Å²) in [7, 11) is 1.66. The summed E-state index contributed by atoms with van der Waals surface area (Å²) in [5, 5.41) is 10.3. The fourth-order valence-electron chi connectivity index (χ4n) is 2.16. The quantitative estimate of drug-likeness (QED) is 0.691. The Morgan fingerprint density at radius 2 is 2.31 bits per heavy atom. The molecule has 0 aromatic rings. The van der Waals surface area contributed by atoms with Crippen molar-refractivity contribution in [2.24, 2.45) is 0 Å². The Morgan fingerprint density at radius 1 is 1.62 bits per heavy atom. The summed E-state index contributed by atoms with van der Waals surface area (Å²) in [6, 6.07) is 0. The molecule has 76 valence electrons. The van der Waals surface area contributed by atoms with Gasteiger partial charge in [-0.05, 0) is 13.8 Å². The van der Waals surface area contributed by atoms with Gasteiger partial charge in [-0.3, -0.25) is 0 Å². The lowest BCUT2D eigenvalue weighted by Gasteiger charge is -2.59. The van der Waals surface area contributed by atoms with Crippen molar-refractivity contribution in [2.45, 2.75) is 43.0 Å². The van der Waals surface area contributed by atoms with Crippen LogP contribution in [0, 0.1) is 0 Å². The first-order valence-corrected chi connectivity index (χ1v) is 5.57. The van der Waals surface area contributed by atoms with Gasteiger partial charge in [0.05, 0.1) is 12.2 Å². The van der Waals surface area contributed by atoms with Gasteiger partial charge in [-0.25, -0.2) is 0 Å². The number of hydrogen-bond donors (Lipinski definition) is 1. The van der Waals surface area contributed by atoms with Crippen LogP contribution in [0.2, 0.25) is 0 Å². The molecule has 2 heterocycles. The lowest BCUT2D eigenvalue weighted by molar-refractivity contribution is -0.242. The molecule has 0 spiro atoms. The van der Waals surface area contributed by atoms with Crippen LogP contribution in [-0.2, 0) is 9.47 Å². The summed E-state index contributed by atoms with van der Waals surface area (Å²) >= 11 is 1.66. The van der Waals surface area contributed by atoms with Gasteiger partial charge in [-0.2, -0.15) is 0 Å². The molecule has 1 N–H and O–H groups in total. The molecule has 0 unspecified atom stereocenters. The molecule has 2 fully saturated rings. The third kappa shape index (κ3) is 1.16. The van der Waals surface area contributed by atoms with Crippen LogP contribution in [0.1, 0.15) is 20.3 Å². The summed E-state index contributed by atoms with van der Waals surface area (Å²) in [5.41, 5.74) is -0.779. The molecule has 13 heavy (non-hydrogen) atoms. The lowest BCUT2D eigenvalue weighted by Crippen LogP contribution is -2.72. The number of thioether (sulfide) groups is 1. The molecule has 4 heteroatoms. The third-order valence-electron chi connectivity index (χ3n) is 3.14. The molecule has 0 radical (unpaired) electrons. The van der Waals surface area contributed by atoms with Crippen LogP contribution < -0.4 is 0 Å². The van der Waals surface area contributed by atoms with Crippen molar-refractivity contribution in [1.29, 1.82) is 0 Å². The zero-order valence-corrected chi connectivity index (χ0v) is 9.06. The van der Waals surface area contributed by atoms with Gasteiger partial charge in [0.25, 0.3) is 0 Å². The van der Waals surface area contributed by atoms with E-state index in [1.807, 2.05) is 13.8 Å². The fraction of sp³-hybridized carbons (Fsp3) is 1.00. The van der Waals surface area contributed by atoms with Gasteiger partial charge >= 0.3 is 0 Å². The van der Waals surface area contributed by atoms with Crippen LogP contribution in [0.4, 0.5) is 0 Å². The molecule has 0 bridgehead atoms. The first-order chi connectivity index (χ1) is 6.02. The van der Waals surface area contributed by atoms with Crippen LogP contribution in [0.3, 0.4) is 0 Å². The number of rotatable bonds is 1. The van der Waals surface area contributed by atoms with Crippen LogP contribution in [0.25, 0.3) is 0 Å². The highest BCUT2D eigenvalue weighted by Gasteiger charge is 2.65. The smallest absolute Gasteiger partial charge is 0.143 e. The molecule has 0 aromatic heterocycles. The molecule has 3 nitrogen and oxygen atoms in total. The Hall–Kier alpha value is 0.230. The third-order valence-corrected chi connectivity index (χ3v) is 4.73. The molecule has 0 amide bonds. The number of hydrogen-bond acceptors (Lipinski definition) is 4. The average Bonchev–Trinajstić information content (AvgIpc) is 2.09. The monoisotopic (exact) mass is 204 g/mol. The van der Waals surface area contributed by atoms with Gasteiger partial charge < -0.3 is 14.6 Å². The predicted molar refractivity (Wildman–Crippen MR) is 51.8 cm³/mol. The van der Waals surface area contributed by atoms with E-state index >= 15 is 0 Å². The van der Waals surface area contributed by atoms with Crippen molar-refractivity contribution in [3.05, 3.63) is 0 Å². The van der Waals surface area contributed by atoms with Crippen LogP contribution in [0.5, 0.6) is 0 Å². The Labute approximate surface area is 82.8 Å². The molecule has 2 aliphatic heterocycles. The second-order valence-corrected chi connectivity index (χ2v) is 5.40. The first-order valence-electron chi connectivity index (χ1n) is 4.59. The number of fused-ring (bicyclic) bond motifs is 1. The lowest BCUT2D eigenvalue weighted by atomic mass is 9.85. The van der Waals surface area contributed by atoms with E-state index in [-0.39, 0.29) is 12.2 Å².